The normalized spacial score (nSPS) is 22.8. The summed E-state index contributed by atoms with van der Waals surface area (Å²) in [6, 6.07) is 6.91. The van der Waals surface area contributed by atoms with Gasteiger partial charge in [-0.2, -0.15) is 4.31 Å². The van der Waals surface area contributed by atoms with Crippen LogP contribution in [0.5, 0.6) is 0 Å². The van der Waals surface area contributed by atoms with Crippen LogP contribution in [-0.4, -0.2) is 62.8 Å². The summed E-state index contributed by atoms with van der Waals surface area (Å²) in [6.07, 6.45) is 4.79. The molecule has 2 fully saturated rings. The molecular weight excluding hydrogens is 338 g/mol. The predicted molar refractivity (Wildman–Crippen MR) is 97.0 cm³/mol. The first-order valence-electron chi connectivity index (χ1n) is 9.10. The van der Waals surface area contributed by atoms with Crippen molar-refractivity contribution in [1.29, 1.82) is 0 Å². The third-order valence-electron chi connectivity index (χ3n) is 5.17. The Balaban J connectivity index is 1.89. The van der Waals surface area contributed by atoms with Crippen LogP contribution in [-0.2, 0) is 10.0 Å². The fourth-order valence-electron chi connectivity index (χ4n) is 3.68. The molecule has 1 N–H and O–H groups in total. The highest BCUT2D eigenvalue weighted by molar-refractivity contribution is 7.89. The Morgan fingerprint density at radius 1 is 1.08 bits per heavy atom. The highest BCUT2D eigenvalue weighted by Gasteiger charge is 2.32. The summed E-state index contributed by atoms with van der Waals surface area (Å²) < 4.78 is 27.6. The van der Waals surface area contributed by atoms with E-state index in [4.69, 9.17) is 0 Å². The van der Waals surface area contributed by atoms with Gasteiger partial charge in [-0.3, -0.25) is 4.79 Å². The maximum Gasteiger partial charge on any atom is 0.255 e. The number of piperidine rings is 2. The van der Waals surface area contributed by atoms with Crippen LogP contribution in [0.1, 0.15) is 42.5 Å². The van der Waals surface area contributed by atoms with Gasteiger partial charge in [0, 0.05) is 32.2 Å². The third kappa shape index (κ3) is 3.88. The van der Waals surface area contributed by atoms with Crippen molar-refractivity contribution in [1.82, 2.24) is 14.5 Å². The Bertz CT molecular complexity index is 714. The molecule has 0 saturated carbocycles. The average molecular weight is 365 g/mol. The molecule has 2 aliphatic heterocycles. The van der Waals surface area contributed by atoms with Crippen molar-refractivity contribution in [2.45, 2.75) is 43.0 Å². The number of hydrogen-bond donors (Lipinski definition) is 1. The number of carbonyl (C=O) groups excluding carboxylic acids is 1. The standard InChI is InChI=1S/C18H27N3O3S/c1-19-15-8-7-11-20(14-15)18(22)16-9-3-4-10-17(16)25(23,24)21-12-5-2-6-13-21/h3-4,9-10,15,19H,2,5-8,11-14H2,1H3. The van der Waals surface area contributed by atoms with Crippen LogP contribution in [0, 0.1) is 0 Å². The molecule has 0 aliphatic carbocycles. The van der Waals surface area contributed by atoms with Gasteiger partial charge in [0.25, 0.3) is 5.91 Å². The number of nitrogens with zero attached hydrogens (tertiary/aromatic N) is 2. The van der Waals surface area contributed by atoms with Gasteiger partial charge in [0.15, 0.2) is 0 Å². The van der Waals surface area contributed by atoms with Crippen molar-refractivity contribution in [2.75, 3.05) is 33.2 Å². The number of nitrogens with one attached hydrogen (secondary N) is 1. The Morgan fingerprint density at radius 2 is 1.80 bits per heavy atom. The number of sulfonamides is 1. The molecule has 0 aromatic heterocycles. The van der Waals surface area contributed by atoms with Gasteiger partial charge in [-0.1, -0.05) is 18.6 Å². The monoisotopic (exact) mass is 365 g/mol. The number of benzene rings is 1. The molecule has 3 rings (SSSR count). The SMILES string of the molecule is CNC1CCCN(C(=O)c2ccccc2S(=O)(=O)N2CCCCC2)C1. The van der Waals surface area contributed by atoms with Crippen LogP contribution in [0.2, 0.25) is 0 Å². The van der Waals surface area contributed by atoms with E-state index in [-0.39, 0.29) is 16.8 Å². The minimum Gasteiger partial charge on any atom is -0.337 e. The van der Waals surface area contributed by atoms with Crippen LogP contribution in [0.3, 0.4) is 0 Å². The van der Waals surface area contributed by atoms with Crippen molar-refractivity contribution in [3.05, 3.63) is 29.8 Å². The summed E-state index contributed by atoms with van der Waals surface area (Å²) >= 11 is 0. The summed E-state index contributed by atoms with van der Waals surface area (Å²) in [5.41, 5.74) is 0.296. The first kappa shape index (κ1) is 18.4. The van der Waals surface area contributed by atoms with E-state index in [0.29, 0.717) is 31.7 Å². The molecule has 2 saturated heterocycles. The van der Waals surface area contributed by atoms with Crippen LogP contribution < -0.4 is 5.32 Å². The maximum atomic E-state index is 13.1. The average Bonchev–Trinajstić information content (AvgIpc) is 2.68. The number of likely N-dealkylation sites (N-methyl/N-ethyl adjacent to an activating group) is 1. The molecule has 2 heterocycles. The van der Waals surface area contributed by atoms with Crippen molar-refractivity contribution in [2.24, 2.45) is 0 Å². The van der Waals surface area contributed by atoms with E-state index in [1.165, 1.54) is 4.31 Å². The highest BCUT2D eigenvalue weighted by atomic mass is 32.2. The number of amides is 1. The maximum absolute atomic E-state index is 13.1. The van der Waals surface area contributed by atoms with Crippen LogP contribution in [0.15, 0.2) is 29.2 Å². The van der Waals surface area contributed by atoms with Crippen LogP contribution in [0.4, 0.5) is 0 Å². The van der Waals surface area contributed by atoms with E-state index in [0.717, 1.165) is 32.1 Å². The largest absolute Gasteiger partial charge is 0.337 e. The quantitative estimate of drug-likeness (QED) is 0.881. The van der Waals surface area contributed by atoms with E-state index in [9.17, 15) is 13.2 Å². The lowest BCUT2D eigenvalue weighted by molar-refractivity contribution is 0.0694. The smallest absolute Gasteiger partial charge is 0.255 e. The number of carbonyl (C=O) groups is 1. The summed E-state index contributed by atoms with van der Waals surface area (Å²) in [5.74, 6) is -0.184. The minimum atomic E-state index is -3.63. The summed E-state index contributed by atoms with van der Waals surface area (Å²) in [5, 5.41) is 3.22. The summed E-state index contributed by atoms with van der Waals surface area (Å²) in [7, 11) is -1.73. The third-order valence-corrected chi connectivity index (χ3v) is 7.12. The molecule has 1 amide bonds. The molecule has 1 unspecified atom stereocenters. The Morgan fingerprint density at radius 3 is 2.52 bits per heavy atom. The lowest BCUT2D eigenvalue weighted by Crippen LogP contribution is -2.47. The zero-order valence-corrected chi connectivity index (χ0v) is 15.6. The Kier molecular flexibility index (Phi) is 5.76. The number of rotatable bonds is 4. The first-order valence-corrected chi connectivity index (χ1v) is 10.5. The molecule has 138 valence electrons. The summed E-state index contributed by atoms with van der Waals surface area (Å²) in [4.78, 5) is 14.9. The zero-order chi connectivity index (χ0) is 17.9. The van der Waals surface area contributed by atoms with E-state index in [2.05, 4.69) is 5.32 Å². The molecule has 1 aromatic rings. The second-order valence-electron chi connectivity index (χ2n) is 6.84. The minimum absolute atomic E-state index is 0.147. The van der Waals surface area contributed by atoms with Crippen molar-refractivity contribution < 1.29 is 13.2 Å². The van der Waals surface area contributed by atoms with E-state index in [1.54, 1.807) is 29.2 Å². The van der Waals surface area contributed by atoms with Gasteiger partial charge >= 0.3 is 0 Å². The molecule has 0 spiro atoms. The summed E-state index contributed by atoms with van der Waals surface area (Å²) in [6.45, 7) is 2.37. The molecular formula is C18H27N3O3S. The Labute approximate surface area is 150 Å². The van der Waals surface area contributed by atoms with E-state index in [1.807, 2.05) is 7.05 Å². The van der Waals surface area contributed by atoms with Gasteiger partial charge in [-0.25, -0.2) is 8.42 Å². The fraction of sp³-hybridized carbons (Fsp3) is 0.611. The van der Waals surface area contributed by atoms with Gasteiger partial charge in [0.05, 0.1) is 10.5 Å². The topological polar surface area (TPSA) is 69.7 Å². The molecule has 1 atom stereocenters. The zero-order valence-electron chi connectivity index (χ0n) is 14.8. The molecule has 25 heavy (non-hydrogen) atoms. The van der Waals surface area contributed by atoms with Gasteiger partial charge in [-0.15, -0.1) is 0 Å². The van der Waals surface area contributed by atoms with Crippen molar-refractivity contribution >= 4 is 15.9 Å². The Hall–Kier alpha value is -1.44. The molecule has 0 bridgehead atoms. The predicted octanol–water partition coefficient (Wildman–Crippen LogP) is 1.69. The lowest BCUT2D eigenvalue weighted by Gasteiger charge is -2.33. The van der Waals surface area contributed by atoms with Crippen LogP contribution in [0.25, 0.3) is 0 Å². The number of likely N-dealkylation sites (tertiary alicyclic amines) is 1. The van der Waals surface area contributed by atoms with Crippen molar-refractivity contribution in [3.63, 3.8) is 0 Å². The second kappa shape index (κ2) is 7.85. The van der Waals surface area contributed by atoms with Crippen LogP contribution >= 0.6 is 0 Å². The van der Waals surface area contributed by atoms with Gasteiger partial charge in [0.1, 0.15) is 0 Å². The van der Waals surface area contributed by atoms with E-state index >= 15 is 0 Å². The van der Waals surface area contributed by atoms with E-state index < -0.39 is 10.0 Å². The lowest BCUT2D eigenvalue weighted by atomic mass is 10.0. The second-order valence-corrected chi connectivity index (χ2v) is 8.75. The molecule has 7 heteroatoms. The molecule has 6 nitrogen and oxygen atoms in total. The van der Waals surface area contributed by atoms with Gasteiger partial charge < -0.3 is 10.2 Å². The van der Waals surface area contributed by atoms with Crippen molar-refractivity contribution in [3.8, 4) is 0 Å². The number of hydrogen-bond acceptors (Lipinski definition) is 4. The fourth-order valence-corrected chi connectivity index (χ4v) is 5.38. The molecule has 0 radical (unpaired) electrons. The van der Waals surface area contributed by atoms with Gasteiger partial charge in [-0.05, 0) is 44.9 Å². The molecule has 1 aromatic carbocycles. The van der Waals surface area contributed by atoms with Gasteiger partial charge in [0.2, 0.25) is 10.0 Å². The molecule has 2 aliphatic rings. The first-order chi connectivity index (χ1) is 12.0. The highest BCUT2D eigenvalue weighted by Crippen LogP contribution is 2.25.